The molecule has 200 valence electrons. The van der Waals surface area contributed by atoms with Crippen molar-refractivity contribution in [3.8, 4) is 0 Å². The van der Waals surface area contributed by atoms with Gasteiger partial charge in [-0.15, -0.1) is 5.10 Å². The minimum absolute atomic E-state index is 0.0752. The average Bonchev–Trinajstić information content (AvgIpc) is 3.43. The molecule has 0 unspecified atom stereocenters. The normalized spacial score (nSPS) is 25.9. The SMILES string of the molecule is CCOC(=O)[C@H]1[C@H]2C(=O)N([C@@H](CO)CC(C)C)[C@H](C(=O)NCn3nnc4ccccc43)[C@H]2C=C[C@H]1CC. The zero-order valence-electron chi connectivity index (χ0n) is 21.9. The summed E-state index contributed by atoms with van der Waals surface area (Å²) in [5.74, 6) is -2.94. The first-order chi connectivity index (χ1) is 17.8. The van der Waals surface area contributed by atoms with Crippen molar-refractivity contribution in [2.75, 3.05) is 13.2 Å². The Morgan fingerprint density at radius 3 is 2.62 bits per heavy atom. The van der Waals surface area contributed by atoms with Crippen molar-refractivity contribution in [2.45, 2.75) is 59.3 Å². The maximum atomic E-state index is 14.0. The Hall–Kier alpha value is -3.27. The third-order valence-electron chi connectivity index (χ3n) is 7.52. The van der Waals surface area contributed by atoms with Crippen LogP contribution in [0.3, 0.4) is 0 Å². The fourth-order valence-corrected chi connectivity index (χ4v) is 5.90. The van der Waals surface area contributed by atoms with Crippen LogP contribution in [0.1, 0.15) is 40.5 Å². The van der Waals surface area contributed by atoms with Gasteiger partial charge in [-0.3, -0.25) is 14.4 Å². The number of carbonyl (C=O) groups is 3. The number of allylic oxidation sites excluding steroid dienone is 1. The molecule has 10 nitrogen and oxygen atoms in total. The Bertz CT molecular complexity index is 1160. The van der Waals surface area contributed by atoms with E-state index in [4.69, 9.17) is 4.74 Å². The number of aromatic nitrogens is 3. The van der Waals surface area contributed by atoms with Gasteiger partial charge in [0.15, 0.2) is 0 Å². The second-order valence-corrected chi connectivity index (χ2v) is 10.3. The van der Waals surface area contributed by atoms with Gasteiger partial charge in [-0.2, -0.15) is 0 Å². The highest BCUT2D eigenvalue weighted by atomic mass is 16.5. The molecule has 4 rings (SSSR count). The zero-order valence-corrected chi connectivity index (χ0v) is 21.9. The lowest BCUT2D eigenvalue weighted by atomic mass is 9.69. The van der Waals surface area contributed by atoms with Crippen LogP contribution in [0.25, 0.3) is 11.0 Å². The van der Waals surface area contributed by atoms with E-state index in [1.165, 1.54) is 4.90 Å². The number of hydrogen-bond donors (Lipinski definition) is 2. The number of esters is 1. The van der Waals surface area contributed by atoms with E-state index in [9.17, 15) is 19.5 Å². The molecule has 1 saturated heterocycles. The highest BCUT2D eigenvalue weighted by Crippen LogP contribution is 2.46. The molecule has 37 heavy (non-hydrogen) atoms. The summed E-state index contributed by atoms with van der Waals surface area (Å²) in [7, 11) is 0. The van der Waals surface area contributed by atoms with Crippen LogP contribution in [-0.4, -0.2) is 68.1 Å². The van der Waals surface area contributed by atoms with E-state index in [2.05, 4.69) is 15.6 Å². The minimum Gasteiger partial charge on any atom is -0.466 e. The van der Waals surface area contributed by atoms with E-state index in [0.29, 0.717) is 18.4 Å². The summed E-state index contributed by atoms with van der Waals surface area (Å²) >= 11 is 0. The third kappa shape index (κ3) is 5.12. The van der Waals surface area contributed by atoms with Gasteiger partial charge < -0.3 is 20.1 Å². The number of nitrogens with one attached hydrogen (secondary N) is 1. The first-order valence-electron chi connectivity index (χ1n) is 13.2. The van der Waals surface area contributed by atoms with Crippen molar-refractivity contribution in [2.24, 2.45) is 29.6 Å². The molecule has 10 heteroatoms. The fraction of sp³-hybridized carbons (Fsp3) is 0.593. The molecule has 1 aliphatic heterocycles. The zero-order chi connectivity index (χ0) is 26.7. The standard InChI is InChI=1S/C27H37N5O5/c1-5-17-11-12-19-23(22(17)27(36)37-6-2)26(35)32(18(14-33)13-16(3)4)24(19)25(34)28-15-31-21-10-8-7-9-20(21)29-30-31/h7-12,16-19,22-24,33H,5-6,13-15H2,1-4H3,(H,28,34)/t17-,18-,19+,22-,23+,24+/m1/s1. The third-order valence-corrected chi connectivity index (χ3v) is 7.52. The van der Waals surface area contributed by atoms with E-state index in [0.717, 1.165) is 5.52 Å². The number of nitrogens with zero attached hydrogens (tertiary/aromatic N) is 4. The van der Waals surface area contributed by atoms with Gasteiger partial charge in [-0.1, -0.05) is 50.3 Å². The van der Waals surface area contributed by atoms with Crippen LogP contribution >= 0.6 is 0 Å². The summed E-state index contributed by atoms with van der Waals surface area (Å²) in [6.07, 6.45) is 5.05. The Kier molecular flexibility index (Phi) is 8.26. The van der Waals surface area contributed by atoms with Crippen molar-refractivity contribution in [1.29, 1.82) is 0 Å². The Morgan fingerprint density at radius 2 is 1.95 bits per heavy atom. The van der Waals surface area contributed by atoms with E-state index >= 15 is 0 Å². The van der Waals surface area contributed by atoms with Crippen LogP contribution in [0, 0.1) is 29.6 Å². The lowest BCUT2D eigenvalue weighted by molar-refractivity contribution is -0.156. The molecule has 2 heterocycles. The van der Waals surface area contributed by atoms with Crippen LogP contribution in [0.4, 0.5) is 0 Å². The molecule has 1 aliphatic carbocycles. The number of aliphatic hydroxyl groups excluding tert-OH is 1. The van der Waals surface area contributed by atoms with Gasteiger partial charge in [-0.25, -0.2) is 4.68 Å². The molecule has 2 amide bonds. The first-order valence-corrected chi connectivity index (χ1v) is 13.2. The number of fused-ring (bicyclic) bond motifs is 2. The highest BCUT2D eigenvalue weighted by molar-refractivity contribution is 5.96. The molecular weight excluding hydrogens is 474 g/mol. The number of carbonyl (C=O) groups excluding carboxylic acids is 3. The summed E-state index contributed by atoms with van der Waals surface area (Å²) in [5, 5.41) is 21.5. The predicted molar refractivity (Wildman–Crippen MR) is 137 cm³/mol. The van der Waals surface area contributed by atoms with Crippen molar-refractivity contribution in [1.82, 2.24) is 25.2 Å². The summed E-state index contributed by atoms with van der Waals surface area (Å²) in [5.41, 5.74) is 1.49. The van der Waals surface area contributed by atoms with Crippen LogP contribution in [0.2, 0.25) is 0 Å². The molecule has 2 aromatic rings. The van der Waals surface area contributed by atoms with E-state index in [-0.39, 0.29) is 43.5 Å². The number of hydrogen-bond acceptors (Lipinski definition) is 7. The molecule has 1 fully saturated rings. The van der Waals surface area contributed by atoms with Gasteiger partial charge in [0.05, 0.1) is 36.6 Å². The predicted octanol–water partition coefficient (Wildman–Crippen LogP) is 2.13. The molecule has 6 atom stereocenters. The van der Waals surface area contributed by atoms with Crippen LogP contribution in [-0.2, 0) is 25.8 Å². The lowest BCUT2D eigenvalue weighted by Gasteiger charge is -2.34. The molecular formula is C27H37N5O5. The average molecular weight is 512 g/mol. The largest absolute Gasteiger partial charge is 0.466 e. The number of ether oxygens (including phenoxy) is 1. The summed E-state index contributed by atoms with van der Waals surface area (Å²) in [6.45, 7) is 7.75. The topological polar surface area (TPSA) is 127 Å². The fourth-order valence-electron chi connectivity index (χ4n) is 5.90. The van der Waals surface area contributed by atoms with Gasteiger partial charge in [0, 0.05) is 5.92 Å². The number of para-hydroxylation sites is 1. The van der Waals surface area contributed by atoms with Gasteiger partial charge >= 0.3 is 5.97 Å². The second-order valence-electron chi connectivity index (χ2n) is 10.3. The first kappa shape index (κ1) is 26.8. The number of rotatable bonds is 10. The highest BCUT2D eigenvalue weighted by Gasteiger charge is 2.58. The Balaban J connectivity index is 1.67. The molecule has 2 aliphatic rings. The number of likely N-dealkylation sites (tertiary alicyclic amines) is 1. The Labute approximate surface area is 217 Å². The molecule has 0 spiro atoms. The molecule has 0 bridgehead atoms. The number of aliphatic hydroxyl groups is 1. The van der Waals surface area contributed by atoms with Gasteiger partial charge in [0.25, 0.3) is 0 Å². The maximum absolute atomic E-state index is 14.0. The van der Waals surface area contributed by atoms with Gasteiger partial charge in [-0.05, 0) is 43.7 Å². The van der Waals surface area contributed by atoms with Gasteiger partial charge in [0.1, 0.15) is 18.2 Å². The molecule has 1 aromatic heterocycles. The van der Waals surface area contributed by atoms with E-state index in [1.54, 1.807) is 11.6 Å². The minimum atomic E-state index is -0.867. The molecule has 1 aromatic carbocycles. The maximum Gasteiger partial charge on any atom is 0.310 e. The van der Waals surface area contributed by atoms with Crippen molar-refractivity contribution < 1.29 is 24.2 Å². The van der Waals surface area contributed by atoms with Crippen molar-refractivity contribution >= 4 is 28.8 Å². The quantitative estimate of drug-likeness (QED) is 0.370. The summed E-state index contributed by atoms with van der Waals surface area (Å²) < 4.78 is 6.97. The Morgan fingerprint density at radius 1 is 1.19 bits per heavy atom. The van der Waals surface area contributed by atoms with Crippen LogP contribution in [0.5, 0.6) is 0 Å². The van der Waals surface area contributed by atoms with Crippen LogP contribution in [0.15, 0.2) is 36.4 Å². The summed E-state index contributed by atoms with van der Waals surface area (Å²) in [6, 6.07) is 6.03. The van der Waals surface area contributed by atoms with Crippen molar-refractivity contribution in [3.63, 3.8) is 0 Å². The molecule has 0 radical (unpaired) electrons. The van der Waals surface area contributed by atoms with E-state index < -0.39 is 35.8 Å². The second kappa shape index (κ2) is 11.4. The van der Waals surface area contributed by atoms with Crippen molar-refractivity contribution in [3.05, 3.63) is 36.4 Å². The van der Waals surface area contributed by atoms with Crippen LogP contribution < -0.4 is 5.32 Å². The molecule has 0 saturated carbocycles. The molecule has 2 N–H and O–H groups in total. The lowest BCUT2D eigenvalue weighted by Crippen LogP contribution is -2.52. The number of benzene rings is 1. The smallest absolute Gasteiger partial charge is 0.310 e. The van der Waals surface area contributed by atoms with Gasteiger partial charge in [0.2, 0.25) is 11.8 Å². The van der Waals surface area contributed by atoms with E-state index in [1.807, 2.05) is 57.2 Å². The summed E-state index contributed by atoms with van der Waals surface area (Å²) in [4.78, 5) is 42.3. The monoisotopic (exact) mass is 511 g/mol. The number of amides is 2.